The van der Waals surface area contributed by atoms with E-state index < -0.39 is 71.6 Å². The lowest BCUT2D eigenvalue weighted by atomic mass is 9.96. The van der Waals surface area contributed by atoms with Gasteiger partial charge in [0.15, 0.2) is 12.4 Å². The zero-order valence-corrected chi connectivity index (χ0v) is 38.8. The summed E-state index contributed by atoms with van der Waals surface area (Å²) >= 11 is 0. The summed E-state index contributed by atoms with van der Waals surface area (Å²) in [5.74, 6) is -1.85. The quantitative estimate of drug-likeness (QED) is 0.0253. The maximum Gasteiger partial charge on any atom is 0.397 e. The minimum atomic E-state index is -5.01. The van der Waals surface area contributed by atoms with Crippen molar-refractivity contribution in [1.29, 1.82) is 1.43 Å². The van der Waals surface area contributed by atoms with E-state index in [0.29, 0.717) is 25.7 Å². The van der Waals surface area contributed by atoms with Gasteiger partial charge in [-0.15, -0.1) is 0 Å². The summed E-state index contributed by atoms with van der Waals surface area (Å²) in [6, 6.07) is 29.3. The van der Waals surface area contributed by atoms with Crippen LogP contribution in [0.1, 0.15) is 145 Å². The largest absolute Gasteiger partial charge is 0.462 e. The van der Waals surface area contributed by atoms with Gasteiger partial charge < -0.3 is 29.7 Å². The fourth-order valence-corrected chi connectivity index (χ4v) is 8.83. The number of amides is 1. The van der Waals surface area contributed by atoms with Crippen LogP contribution in [-0.2, 0) is 62.4 Å². The molecule has 4 rings (SSSR count). The van der Waals surface area contributed by atoms with Crippen molar-refractivity contribution in [2.45, 2.75) is 184 Å². The van der Waals surface area contributed by atoms with E-state index in [1.807, 2.05) is 42.5 Å². The van der Waals surface area contributed by atoms with Crippen molar-refractivity contribution < 1.29 is 56.0 Å². The van der Waals surface area contributed by atoms with Crippen LogP contribution in [0.2, 0.25) is 0 Å². The van der Waals surface area contributed by atoms with Crippen LogP contribution in [0.15, 0.2) is 91.0 Å². The topological polar surface area (TPSA) is 195 Å². The Labute approximate surface area is 388 Å². The van der Waals surface area contributed by atoms with Gasteiger partial charge in [-0.05, 0) is 80.9 Å². The Morgan fingerprint density at radius 1 is 0.631 bits per heavy atom. The number of aryl methyl sites for hydroxylation is 3. The van der Waals surface area contributed by atoms with E-state index in [1.54, 1.807) is 0 Å². The van der Waals surface area contributed by atoms with Gasteiger partial charge in [-0.1, -0.05) is 155 Å². The number of aliphatic hydroxyl groups is 2. The third-order valence-electron chi connectivity index (χ3n) is 11.8. The standard InChI is InChI=1S/C51H73NO12S/c53-39-44-49(64-65(58,59)60)50(63-47(56)37-25-8-4-2-6-15-27-41-31-19-12-20-32-41)48(51(57)62-44)52-45(54)38-43(35-23-10-9-16-28-42-33-21-13-22-34-42)61-46(55)36-24-7-3-1-5-14-26-40-29-17-11-18-30-40/h11-13,17-22,29-34,43-44,48-51,53,57H,1-10,14-16,23-28,35-39H2,(H,52,54)(H,58,59,60)/t43-,44-,48-,49-,50-,51?/m1/s1/i/hD. The fourth-order valence-electron chi connectivity index (χ4n) is 8.32. The lowest BCUT2D eigenvalue weighted by molar-refractivity contribution is -0.254. The molecule has 0 spiro atoms. The number of nitrogens with one attached hydrogen (secondary N) is 1. The number of unbranched alkanes of at least 4 members (excludes halogenated alkanes) is 13. The number of hydrogen-bond acceptors (Lipinski definition) is 12. The molecule has 3 aromatic carbocycles. The van der Waals surface area contributed by atoms with E-state index in [-0.39, 0.29) is 19.3 Å². The number of carbonyl (C=O) groups is 3. The summed E-state index contributed by atoms with van der Waals surface area (Å²) in [6.07, 6.45) is 10.0. The molecule has 1 amide bonds. The van der Waals surface area contributed by atoms with Gasteiger partial charge in [0, 0.05) is 12.8 Å². The van der Waals surface area contributed by atoms with E-state index in [2.05, 4.69) is 58.4 Å². The summed E-state index contributed by atoms with van der Waals surface area (Å²) in [4.78, 5) is 40.2. The van der Waals surface area contributed by atoms with Gasteiger partial charge >= 0.3 is 22.3 Å². The molecule has 14 heteroatoms. The van der Waals surface area contributed by atoms with Crippen LogP contribution in [0.3, 0.4) is 0 Å². The molecular formula is C51H73NO12S. The number of hydrogen-bond donors (Lipinski definition) is 4. The predicted molar refractivity (Wildman–Crippen MR) is 249 cm³/mol. The molecule has 3 aromatic rings. The van der Waals surface area contributed by atoms with Crippen molar-refractivity contribution in [1.82, 2.24) is 5.32 Å². The molecule has 1 aliphatic heterocycles. The highest BCUT2D eigenvalue weighted by atomic mass is 32.3. The summed E-state index contributed by atoms with van der Waals surface area (Å²) < 4.78 is 57.5. The van der Waals surface area contributed by atoms with Gasteiger partial charge in [0.2, 0.25) is 7.34 Å². The molecule has 0 aliphatic carbocycles. The smallest absolute Gasteiger partial charge is 0.397 e. The Morgan fingerprint density at radius 2 is 1.08 bits per heavy atom. The van der Waals surface area contributed by atoms with Gasteiger partial charge in [0.05, 0.1) is 13.0 Å². The normalized spacial score (nSPS) is 19.2. The second-order valence-electron chi connectivity index (χ2n) is 17.2. The van der Waals surface area contributed by atoms with Crippen LogP contribution in [0, 0.1) is 0 Å². The highest BCUT2D eigenvalue weighted by molar-refractivity contribution is 7.80. The first kappa shape index (κ1) is 51.8. The zero-order chi connectivity index (χ0) is 47.2. The molecule has 65 heavy (non-hydrogen) atoms. The summed E-state index contributed by atoms with van der Waals surface area (Å²) in [5, 5.41) is 23.8. The third-order valence-corrected chi connectivity index (χ3v) is 12.3. The molecule has 0 saturated carbocycles. The third kappa shape index (κ3) is 22.7. The number of benzene rings is 3. The van der Waals surface area contributed by atoms with Gasteiger partial charge in [0.25, 0.3) is 0 Å². The average molecular weight is 925 g/mol. The van der Waals surface area contributed by atoms with E-state index in [9.17, 15) is 33.0 Å². The number of ether oxygens (including phenoxy) is 3. The number of rotatable bonds is 34. The molecular weight excluding hydrogens is 851 g/mol. The molecule has 0 aromatic heterocycles. The Bertz CT molecular complexity index is 1890. The second kappa shape index (κ2) is 30.9. The minimum absolute atomic E-state index is 0.0476. The average Bonchev–Trinajstić information content (AvgIpc) is 3.32. The van der Waals surface area contributed by atoms with Crippen LogP contribution in [0.5, 0.6) is 0 Å². The summed E-state index contributed by atoms with van der Waals surface area (Å²) in [5.41, 5.74) is 3.89. The molecule has 0 bridgehead atoms. The Hall–Kier alpha value is -4.18. The maximum absolute atomic E-state index is 13.8. The fraction of sp³-hybridized carbons (Fsp3) is 0.588. The molecule has 1 saturated heterocycles. The van der Waals surface area contributed by atoms with E-state index in [1.165, 1.54) is 16.7 Å². The van der Waals surface area contributed by atoms with Gasteiger partial charge in [-0.2, -0.15) is 8.42 Å². The van der Waals surface area contributed by atoms with Crippen molar-refractivity contribution in [3.8, 4) is 0 Å². The van der Waals surface area contributed by atoms with Gasteiger partial charge in [-0.25, -0.2) is 4.18 Å². The van der Waals surface area contributed by atoms with Crippen molar-refractivity contribution in [3.63, 3.8) is 0 Å². The molecule has 1 heterocycles. The molecule has 360 valence electrons. The maximum atomic E-state index is 13.8. The highest BCUT2D eigenvalue weighted by Gasteiger charge is 2.50. The Kier molecular flexibility index (Phi) is 24.6. The van der Waals surface area contributed by atoms with Gasteiger partial charge in [0.1, 0.15) is 24.4 Å². The predicted octanol–water partition coefficient (Wildman–Crippen LogP) is 8.72. The molecule has 13 nitrogen and oxygen atoms in total. The Balaban J connectivity index is 1.31. The second-order valence-corrected chi connectivity index (χ2v) is 18.2. The van der Waals surface area contributed by atoms with Crippen LogP contribution < -0.4 is 5.32 Å². The first-order chi connectivity index (χ1) is 32.1. The van der Waals surface area contributed by atoms with Crippen LogP contribution in [0.25, 0.3) is 1.43 Å². The highest BCUT2D eigenvalue weighted by Crippen LogP contribution is 2.28. The molecule has 6 atom stereocenters. The van der Waals surface area contributed by atoms with Crippen LogP contribution in [-0.4, -0.2) is 84.4 Å². The SMILES string of the molecule is [2H]OS(=O)(=O)O[C@H]1[C@H](OC(=O)CCCCCCCCc2ccccc2)[C@@H](NC(=O)C[C@@H](CCCCCCc2ccccc2)OC(=O)CCCCCCCCc2ccccc2)C(O)O[C@@H]1CO. The Morgan fingerprint density at radius 3 is 1.55 bits per heavy atom. The summed E-state index contributed by atoms with van der Waals surface area (Å²) in [6.45, 7) is -0.869. The van der Waals surface area contributed by atoms with Crippen molar-refractivity contribution in [3.05, 3.63) is 108 Å². The van der Waals surface area contributed by atoms with Crippen molar-refractivity contribution in [2.24, 2.45) is 0 Å². The van der Waals surface area contributed by atoms with E-state index in [4.69, 9.17) is 19.8 Å². The van der Waals surface area contributed by atoms with Crippen molar-refractivity contribution in [2.75, 3.05) is 6.61 Å². The molecule has 1 fully saturated rings. The summed E-state index contributed by atoms with van der Waals surface area (Å²) in [7, 11) is -5.01. The number of aliphatic hydroxyl groups excluding tert-OH is 2. The monoisotopic (exact) mass is 924 g/mol. The molecule has 1 unspecified atom stereocenters. The molecule has 1 aliphatic rings. The molecule has 4 N–H and O–H groups in total. The van der Waals surface area contributed by atoms with Gasteiger partial charge in [-0.3, -0.25) is 18.9 Å². The number of esters is 2. The van der Waals surface area contributed by atoms with Crippen LogP contribution in [0.4, 0.5) is 0 Å². The van der Waals surface area contributed by atoms with E-state index in [0.717, 1.165) is 103 Å². The van der Waals surface area contributed by atoms with Crippen LogP contribution >= 0.6 is 0 Å². The zero-order valence-electron chi connectivity index (χ0n) is 39.0. The lowest BCUT2D eigenvalue weighted by Crippen LogP contribution is -2.66. The van der Waals surface area contributed by atoms with Crippen molar-refractivity contribution >= 4 is 28.2 Å². The number of carbonyl (C=O) groups excluding carboxylic acids is 3. The minimum Gasteiger partial charge on any atom is -0.462 e. The molecule has 0 radical (unpaired) electrons. The first-order valence-corrected chi connectivity index (χ1v) is 25.2. The van der Waals surface area contributed by atoms with E-state index >= 15 is 0 Å². The first-order valence-electron chi connectivity index (χ1n) is 24.3. The lowest BCUT2D eigenvalue weighted by Gasteiger charge is -2.43.